The second-order valence-corrected chi connectivity index (χ2v) is 6.52. The maximum absolute atomic E-state index is 12.5. The summed E-state index contributed by atoms with van der Waals surface area (Å²) in [5.74, 6) is 0.157. The van der Waals surface area contributed by atoms with Crippen molar-refractivity contribution in [3.63, 3.8) is 0 Å². The van der Waals surface area contributed by atoms with Crippen molar-refractivity contribution in [2.45, 2.75) is 26.7 Å². The summed E-state index contributed by atoms with van der Waals surface area (Å²) < 4.78 is 12.2. The van der Waals surface area contributed by atoms with Gasteiger partial charge in [-0.1, -0.05) is 37.3 Å². The molecular weight excluding hydrogens is 382 g/mol. The molecule has 0 radical (unpaired) electrons. The Morgan fingerprint density at radius 2 is 1.77 bits per heavy atom. The van der Waals surface area contributed by atoms with Crippen LogP contribution in [0.25, 0.3) is 5.69 Å². The van der Waals surface area contributed by atoms with Gasteiger partial charge in [-0.2, -0.15) is 5.10 Å². The second-order valence-electron chi connectivity index (χ2n) is 6.52. The Morgan fingerprint density at radius 1 is 1.03 bits per heavy atom. The molecule has 0 bridgehead atoms. The molecule has 0 aliphatic carbocycles. The first kappa shape index (κ1) is 21.1. The zero-order valence-electron chi connectivity index (χ0n) is 17.1. The highest BCUT2D eigenvalue weighted by Crippen LogP contribution is 2.21. The Morgan fingerprint density at radius 3 is 2.43 bits per heavy atom. The number of carbonyl (C=O) groups excluding carboxylic acids is 2. The maximum Gasteiger partial charge on any atom is 0.343 e. The number of amides is 1. The van der Waals surface area contributed by atoms with Gasteiger partial charge in [0.1, 0.15) is 11.3 Å². The molecule has 0 unspecified atom stereocenters. The summed E-state index contributed by atoms with van der Waals surface area (Å²) in [6.07, 6.45) is 2.48. The molecule has 1 aromatic heterocycles. The molecule has 30 heavy (non-hydrogen) atoms. The van der Waals surface area contributed by atoms with Crippen molar-refractivity contribution in [2.75, 3.05) is 18.5 Å². The van der Waals surface area contributed by atoms with Gasteiger partial charge in [0, 0.05) is 0 Å². The molecule has 1 amide bonds. The lowest BCUT2D eigenvalue weighted by Gasteiger charge is -2.11. The van der Waals surface area contributed by atoms with Crippen molar-refractivity contribution in [1.29, 1.82) is 0 Å². The van der Waals surface area contributed by atoms with Crippen molar-refractivity contribution in [1.82, 2.24) is 9.78 Å². The van der Waals surface area contributed by atoms with Gasteiger partial charge in [-0.05, 0) is 43.2 Å². The second kappa shape index (κ2) is 10.2. The van der Waals surface area contributed by atoms with Crippen LogP contribution in [0, 0.1) is 0 Å². The van der Waals surface area contributed by atoms with Gasteiger partial charge < -0.3 is 14.8 Å². The molecule has 3 rings (SSSR count). The van der Waals surface area contributed by atoms with Crippen molar-refractivity contribution < 1.29 is 19.1 Å². The van der Waals surface area contributed by atoms with Crippen LogP contribution in [0.15, 0.2) is 60.8 Å². The standard InChI is InChI=1S/C23H25N3O4/c1-3-17-10-12-19(13-11-17)30-15-14-21(27)25-22-20(23(28)29-4-2)16-24-26(22)18-8-6-5-7-9-18/h5-13,16H,3-4,14-15H2,1-2H3,(H,25,27). The van der Waals surface area contributed by atoms with Crippen LogP contribution in [0.5, 0.6) is 5.75 Å². The number of anilines is 1. The van der Waals surface area contributed by atoms with Gasteiger partial charge in [0.25, 0.3) is 0 Å². The number of para-hydroxylation sites is 1. The fourth-order valence-corrected chi connectivity index (χ4v) is 2.87. The van der Waals surface area contributed by atoms with E-state index in [1.165, 1.54) is 16.4 Å². The van der Waals surface area contributed by atoms with Gasteiger partial charge in [-0.3, -0.25) is 4.79 Å². The third kappa shape index (κ3) is 5.26. The van der Waals surface area contributed by atoms with E-state index in [9.17, 15) is 9.59 Å². The normalized spacial score (nSPS) is 10.5. The number of nitrogens with zero attached hydrogens (tertiary/aromatic N) is 2. The quantitative estimate of drug-likeness (QED) is 0.542. The Hall–Kier alpha value is -3.61. The summed E-state index contributed by atoms with van der Waals surface area (Å²) in [5.41, 5.74) is 2.14. The first-order chi connectivity index (χ1) is 14.6. The Kier molecular flexibility index (Phi) is 7.21. The highest BCUT2D eigenvalue weighted by Gasteiger charge is 2.21. The molecule has 0 saturated heterocycles. The van der Waals surface area contributed by atoms with Crippen molar-refractivity contribution in [3.05, 3.63) is 71.9 Å². The van der Waals surface area contributed by atoms with E-state index in [1.807, 2.05) is 54.6 Å². The minimum atomic E-state index is -0.540. The molecular formula is C23H25N3O4. The molecule has 7 nitrogen and oxygen atoms in total. The van der Waals surface area contributed by atoms with Crippen molar-refractivity contribution in [2.24, 2.45) is 0 Å². The number of rotatable bonds is 9. The van der Waals surface area contributed by atoms with Gasteiger partial charge in [0.2, 0.25) is 5.91 Å². The average molecular weight is 407 g/mol. The average Bonchev–Trinajstić information content (AvgIpc) is 3.18. The van der Waals surface area contributed by atoms with Crippen molar-refractivity contribution in [3.8, 4) is 11.4 Å². The van der Waals surface area contributed by atoms with Crippen molar-refractivity contribution >= 4 is 17.7 Å². The number of aromatic nitrogens is 2. The van der Waals surface area contributed by atoms with Crippen LogP contribution in [0.4, 0.5) is 5.82 Å². The molecule has 1 N–H and O–H groups in total. The van der Waals surface area contributed by atoms with E-state index in [4.69, 9.17) is 9.47 Å². The van der Waals surface area contributed by atoms with E-state index in [-0.39, 0.29) is 36.9 Å². The number of carbonyl (C=O) groups is 2. The summed E-state index contributed by atoms with van der Waals surface area (Å²) >= 11 is 0. The zero-order valence-corrected chi connectivity index (χ0v) is 17.1. The van der Waals surface area contributed by atoms with E-state index in [2.05, 4.69) is 17.3 Å². The van der Waals surface area contributed by atoms with Crippen LogP contribution >= 0.6 is 0 Å². The van der Waals surface area contributed by atoms with E-state index < -0.39 is 5.97 Å². The first-order valence-corrected chi connectivity index (χ1v) is 9.94. The number of hydrogen-bond acceptors (Lipinski definition) is 5. The van der Waals surface area contributed by atoms with E-state index in [0.29, 0.717) is 5.75 Å². The minimum Gasteiger partial charge on any atom is -0.493 e. The van der Waals surface area contributed by atoms with Gasteiger partial charge in [-0.15, -0.1) is 0 Å². The number of hydrogen-bond donors (Lipinski definition) is 1. The maximum atomic E-state index is 12.5. The molecule has 0 fully saturated rings. The topological polar surface area (TPSA) is 82.5 Å². The Labute approximate surface area is 175 Å². The van der Waals surface area contributed by atoms with Gasteiger partial charge in [0.05, 0.1) is 31.5 Å². The molecule has 0 aliphatic heterocycles. The smallest absolute Gasteiger partial charge is 0.343 e. The molecule has 0 aliphatic rings. The summed E-state index contributed by atoms with van der Waals surface area (Å²) in [5, 5.41) is 7.04. The van der Waals surface area contributed by atoms with Crippen LogP contribution in [-0.2, 0) is 16.0 Å². The number of nitrogens with one attached hydrogen (secondary N) is 1. The summed E-state index contributed by atoms with van der Waals surface area (Å²) in [4.78, 5) is 24.8. The first-order valence-electron chi connectivity index (χ1n) is 9.94. The molecule has 156 valence electrons. The Bertz CT molecular complexity index is 981. The molecule has 0 spiro atoms. The lowest BCUT2D eigenvalue weighted by Crippen LogP contribution is -2.19. The lowest BCUT2D eigenvalue weighted by molar-refractivity contribution is -0.116. The van der Waals surface area contributed by atoms with Crippen LogP contribution in [0.2, 0.25) is 0 Å². The molecule has 0 saturated carbocycles. The fourth-order valence-electron chi connectivity index (χ4n) is 2.87. The predicted octanol–water partition coefficient (Wildman–Crippen LogP) is 4.02. The van der Waals surface area contributed by atoms with Crippen LogP contribution in [0.1, 0.15) is 36.2 Å². The largest absolute Gasteiger partial charge is 0.493 e. The predicted molar refractivity (Wildman–Crippen MR) is 114 cm³/mol. The van der Waals surface area contributed by atoms with Crippen LogP contribution in [-0.4, -0.2) is 34.9 Å². The molecule has 0 atom stereocenters. The SMILES string of the molecule is CCOC(=O)c1cnn(-c2ccccc2)c1NC(=O)CCOc1ccc(CC)cc1. The molecule has 7 heteroatoms. The molecule has 3 aromatic rings. The van der Waals surface area contributed by atoms with Gasteiger partial charge in [0.15, 0.2) is 5.82 Å². The number of benzene rings is 2. The highest BCUT2D eigenvalue weighted by molar-refractivity contribution is 6.00. The van der Waals surface area contributed by atoms with Gasteiger partial charge >= 0.3 is 5.97 Å². The number of aryl methyl sites for hydroxylation is 1. The molecule has 1 heterocycles. The summed E-state index contributed by atoms with van der Waals surface area (Å²) in [6, 6.07) is 17.0. The highest BCUT2D eigenvalue weighted by atomic mass is 16.5. The Balaban J connectivity index is 1.69. The monoisotopic (exact) mass is 407 g/mol. The van der Waals surface area contributed by atoms with E-state index in [1.54, 1.807) is 6.92 Å². The lowest BCUT2D eigenvalue weighted by atomic mass is 10.2. The number of esters is 1. The number of ether oxygens (including phenoxy) is 2. The third-order valence-electron chi connectivity index (χ3n) is 4.45. The van der Waals surface area contributed by atoms with Gasteiger partial charge in [-0.25, -0.2) is 9.48 Å². The summed E-state index contributed by atoms with van der Waals surface area (Å²) in [6.45, 7) is 4.26. The zero-order chi connectivity index (χ0) is 21.3. The fraction of sp³-hybridized carbons (Fsp3) is 0.261. The van der Waals surface area contributed by atoms with E-state index in [0.717, 1.165) is 12.1 Å². The molecule has 2 aromatic carbocycles. The minimum absolute atomic E-state index is 0.123. The van der Waals surface area contributed by atoms with Crippen LogP contribution < -0.4 is 10.1 Å². The van der Waals surface area contributed by atoms with Crippen LogP contribution in [0.3, 0.4) is 0 Å². The van der Waals surface area contributed by atoms with E-state index >= 15 is 0 Å². The summed E-state index contributed by atoms with van der Waals surface area (Å²) in [7, 11) is 0. The third-order valence-corrected chi connectivity index (χ3v) is 4.45.